The average molecular weight is 248 g/mol. The van der Waals surface area contributed by atoms with Crippen molar-refractivity contribution in [3.8, 4) is 16.8 Å². The Morgan fingerprint density at radius 1 is 0.895 bits per heavy atom. The van der Waals surface area contributed by atoms with Crippen LogP contribution in [-0.2, 0) is 0 Å². The van der Waals surface area contributed by atoms with Gasteiger partial charge in [0.1, 0.15) is 0 Å². The molecule has 0 saturated heterocycles. The first-order chi connectivity index (χ1) is 9.25. The van der Waals surface area contributed by atoms with Gasteiger partial charge in [0.15, 0.2) is 0 Å². The summed E-state index contributed by atoms with van der Waals surface area (Å²) in [6.07, 6.45) is 1.94. The largest absolute Gasteiger partial charge is 0.237 e. The van der Waals surface area contributed by atoms with Gasteiger partial charge in [-0.05, 0) is 31.5 Å². The van der Waals surface area contributed by atoms with Gasteiger partial charge < -0.3 is 0 Å². The van der Waals surface area contributed by atoms with Gasteiger partial charge in [-0.25, -0.2) is 4.68 Å². The first-order valence-corrected chi connectivity index (χ1v) is 6.43. The van der Waals surface area contributed by atoms with Crippen LogP contribution in [0.5, 0.6) is 0 Å². The van der Waals surface area contributed by atoms with Crippen molar-refractivity contribution in [1.29, 1.82) is 0 Å². The fraction of sp³-hybridized carbons (Fsp3) is 0.118. The van der Waals surface area contributed by atoms with Gasteiger partial charge in [0.05, 0.1) is 11.9 Å². The summed E-state index contributed by atoms with van der Waals surface area (Å²) in [4.78, 5) is 0. The van der Waals surface area contributed by atoms with Crippen LogP contribution < -0.4 is 0 Å². The van der Waals surface area contributed by atoms with Crippen LogP contribution in [0.1, 0.15) is 11.3 Å². The summed E-state index contributed by atoms with van der Waals surface area (Å²) in [7, 11) is 0. The van der Waals surface area contributed by atoms with E-state index in [9.17, 15) is 0 Å². The van der Waals surface area contributed by atoms with Crippen molar-refractivity contribution in [2.75, 3.05) is 0 Å². The number of hydrogen-bond acceptors (Lipinski definition) is 1. The number of rotatable bonds is 2. The minimum Gasteiger partial charge on any atom is -0.237 e. The van der Waals surface area contributed by atoms with E-state index in [0.717, 1.165) is 11.4 Å². The van der Waals surface area contributed by atoms with E-state index < -0.39 is 0 Å². The zero-order valence-corrected chi connectivity index (χ0v) is 11.2. The summed E-state index contributed by atoms with van der Waals surface area (Å²) < 4.78 is 1.98. The smallest absolute Gasteiger partial charge is 0.0648 e. The molecule has 19 heavy (non-hydrogen) atoms. The van der Waals surface area contributed by atoms with E-state index in [2.05, 4.69) is 55.3 Å². The van der Waals surface area contributed by atoms with Crippen molar-refractivity contribution in [2.24, 2.45) is 0 Å². The Morgan fingerprint density at radius 3 is 2.42 bits per heavy atom. The zero-order chi connectivity index (χ0) is 13.2. The summed E-state index contributed by atoms with van der Waals surface area (Å²) in [5.74, 6) is 0. The molecule has 3 aromatic rings. The molecule has 0 aliphatic rings. The van der Waals surface area contributed by atoms with Crippen LogP contribution in [0.15, 0.2) is 60.8 Å². The minimum absolute atomic E-state index is 1.10. The predicted octanol–water partition coefficient (Wildman–Crippen LogP) is 4.16. The first kappa shape index (κ1) is 11.7. The molecule has 2 heteroatoms. The maximum Gasteiger partial charge on any atom is 0.0648 e. The van der Waals surface area contributed by atoms with E-state index in [1.807, 2.05) is 29.1 Å². The Bertz CT molecular complexity index is 696. The summed E-state index contributed by atoms with van der Waals surface area (Å²) in [5.41, 5.74) is 5.94. The molecule has 0 spiro atoms. The molecule has 0 atom stereocenters. The van der Waals surface area contributed by atoms with Crippen LogP contribution in [0.3, 0.4) is 0 Å². The number of hydrogen-bond donors (Lipinski definition) is 0. The van der Waals surface area contributed by atoms with E-state index in [4.69, 9.17) is 0 Å². The van der Waals surface area contributed by atoms with Crippen LogP contribution >= 0.6 is 0 Å². The summed E-state index contributed by atoms with van der Waals surface area (Å²) in [5, 5.41) is 4.51. The van der Waals surface area contributed by atoms with Gasteiger partial charge in [0.2, 0.25) is 0 Å². The second kappa shape index (κ2) is 4.73. The van der Waals surface area contributed by atoms with E-state index >= 15 is 0 Å². The van der Waals surface area contributed by atoms with Gasteiger partial charge in [-0.2, -0.15) is 5.10 Å². The monoisotopic (exact) mass is 248 g/mol. The molecule has 2 nitrogen and oxygen atoms in total. The SMILES string of the molecule is Cc1cccc(-c2cnn(-c3ccccc3)c2C)c1. The fourth-order valence-electron chi connectivity index (χ4n) is 2.34. The second-order valence-corrected chi connectivity index (χ2v) is 4.76. The Hall–Kier alpha value is -2.35. The molecule has 0 N–H and O–H groups in total. The third-order valence-electron chi connectivity index (χ3n) is 3.34. The average Bonchev–Trinajstić information content (AvgIpc) is 2.81. The lowest BCUT2D eigenvalue weighted by Crippen LogP contribution is -1.98. The number of benzene rings is 2. The Morgan fingerprint density at radius 2 is 1.68 bits per heavy atom. The molecule has 3 rings (SSSR count). The highest BCUT2D eigenvalue weighted by atomic mass is 15.3. The molecule has 0 bridgehead atoms. The molecule has 1 heterocycles. The molecular formula is C17H16N2. The highest BCUT2D eigenvalue weighted by Crippen LogP contribution is 2.25. The van der Waals surface area contributed by atoms with Crippen molar-refractivity contribution >= 4 is 0 Å². The van der Waals surface area contributed by atoms with E-state index in [1.54, 1.807) is 0 Å². The molecule has 2 aromatic carbocycles. The lowest BCUT2D eigenvalue weighted by atomic mass is 10.0. The standard InChI is InChI=1S/C17H16N2/c1-13-7-6-8-15(11-13)17-12-18-19(14(17)2)16-9-4-3-5-10-16/h3-12H,1-2H3. The second-order valence-electron chi connectivity index (χ2n) is 4.76. The Labute approximate surface area is 113 Å². The minimum atomic E-state index is 1.10. The van der Waals surface area contributed by atoms with E-state index in [0.29, 0.717) is 0 Å². The topological polar surface area (TPSA) is 17.8 Å². The lowest BCUT2D eigenvalue weighted by Gasteiger charge is -2.06. The zero-order valence-electron chi connectivity index (χ0n) is 11.2. The van der Waals surface area contributed by atoms with Crippen LogP contribution in [0, 0.1) is 13.8 Å². The highest BCUT2D eigenvalue weighted by molar-refractivity contribution is 5.66. The molecular weight excluding hydrogens is 232 g/mol. The number of para-hydroxylation sites is 1. The van der Waals surface area contributed by atoms with Gasteiger partial charge in [-0.3, -0.25) is 0 Å². The lowest BCUT2D eigenvalue weighted by molar-refractivity contribution is 0.847. The quantitative estimate of drug-likeness (QED) is 0.666. The van der Waals surface area contributed by atoms with Crippen LogP contribution in [0.2, 0.25) is 0 Å². The first-order valence-electron chi connectivity index (χ1n) is 6.43. The Balaban J connectivity index is 2.09. The fourth-order valence-corrected chi connectivity index (χ4v) is 2.34. The Kier molecular flexibility index (Phi) is 2.92. The van der Waals surface area contributed by atoms with Gasteiger partial charge in [0.25, 0.3) is 0 Å². The normalized spacial score (nSPS) is 10.6. The molecule has 0 saturated carbocycles. The summed E-state index contributed by atoms with van der Waals surface area (Å²) in [6, 6.07) is 18.7. The predicted molar refractivity (Wildman–Crippen MR) is 78.5 cm³/mol. The van der Waals surface area contributed by atoms with Crippen molar-refractivity contribution in [3.05, 3.63) is 72.1 Å². The molecule has 0 fully saturated rings. The molecule has 0 radical (unpaired) electrons. The maximum atomic E-state index is 4.51. The molecule has 94 valence electrons. The van der Waals surface area contributed by atoms with E-state index in [-0.39, 0.29) is 0 Å². The summed E-state index contributed by atoms with van der Waals surface area (Å²) in [6.45, 7) is 4.22. The molecule has 0 aliphatic heterocycles. The molecule has 0 aliphatic carbocycles. The van der Waals surface area contributed by atoms with Crippen LogP contribution in [0.25, 0.3) is 16.8 Å². The van der Waals surface area contributed by atoms with Crippen molar-refractivity contribution in [2.45, 2.75) is 13.8 Å². The van der Waals surface area contributed by atoms with Crippen molar-refractivity contribution in [3.63, 3.8) is 0 Å². The van der Waals surface area contributed by atoms with Crippen LogP contribution in [-0.4, -0.2) is 9.78 Å². The van der Waals surface area contributed by atoms with Crippen molar-refractivity contribution in [1.82, 2.24) is 9.78 Å². The van der Waals surface area contributed by atoms with Gasteiger partial charge >= 0.3 is 0 Å². The molecule has 0 unspecified atom stereocenters. The van der Waals surface area contributed by atoms with Crippen molar-refractivity contribution < 1.29 is 0 Å². The van der Waals surface area contributed by atoms with Gasteiger partial charge in [-0.15, -0.1) is 0 Å². The third kappa shape index (κ3) is 2.17. The molecule has 1 aromatic heterocycles. The van der Waals surface area contributed by atoms with E-state index in [1.165, 1.54) is 16.7 Å². The van der Waals surface area contributed by atoms with Gasteiger partial charge in [-0.1, -0.05) is 48.0 Å². The number of aromatic nitrogens is 2. The molecule has 0 amide bonds. The third-order valence-corrected chi connectivity index (χ3v) is 3.34. The highest BCUT2D eigenvalue weighted by Gasteiger charge is 2.09. The summed E-state index contributed by atoms with van der Waals surface area (Å²) >= 11 is 0. The maximum absolute atomic E-state index is 4.51. The number of aryl methyl sites for hydroxylation is 1. The van der Waals surface area contributed by atoms with Gasteiger partial charge in [0, 0.05) is 11.3 Å². The number of nitrogens with zero attached hydrogens (tertiary/aromatic N) is 2. The van der Waals surface area contributed by atoms with Crippen LogP contribution in [0.4, 0.5) is 0 Å².